The molecular formula is C13H7Cl3N2O. The Balaban J connectivity index is 2.24. The molecule has 0 bridgehead atoms. The van der Waals surface area contributed by atoms with E-state index in [0.29, 0.717) is 43.3 Å². The van der Waals surface area contributed by atoms with Crippen LogP contribution in [0, 0.1) is 0 Å². The Bertz CT molecular complexity index is 783. The Hall–Kier alpha value is -1.42. The molecule has 0 aliphatic carbocycles. The Labute approximate surface area is 123 Å². The number of aromatic nitrogens is 1. The molecule has 0 radical (unpaired) electrons. The van der Waals surface area contributed by atoms with E-state index in [2.05, 4.69) is 4.98 Å². The summed E-state index contributed by atoms with van der Waals surface area (Å²) in [6, 6.07) is 8.42. The normalized spacial score (nSPS) is 11.1. The van der Waals surface area contributed by atoms with Crippen molar-refractivity contribution in [2.75, 3.05) is 5.73 Å². The van der Waals surface area contributed by atoms with E-state index in [0.717, 1.165) is 0 Å². The van der Waals surface area contributed by atoms with Gasteiger partial charge >= 0.3 is 0 Å². The Morgan fingerprint density at radius 3 is 2.58 bits per heavy atom. The number of hydrogen-bond acceptors (Lipinski definition) is 3. The van der Waals surface area contributed by atoms with Gasteiger partial charge in [0.2, 0.25) is 5.89 Å². The first-order chi connectivity index (χ1) is 9.04. The fourth-order valence-corrected chi connectivity index (χ4v) is 2.44. The molecule has 0 fully saturated rings. The van der Waals surface area contributed by atoms with Crippen LogP contribution in [-0.2, 0) is 0 Å². The third-order valence-corrected chi connectivity index (χ3v) is 3.44. The van der Waals surface area contributed by atoms with Crippen molar-refractivity contribution < 1.29 is 4.42 Å². The van der Waals surface area contributed by atoms with E-state index in [1.54, 1.807) is 30.3 Å². The maximum atomic E-state index is 5.99. The maximum Gasteiger partial charge on any atom is 0.229 e. The van der Waals surface area contributed by atoms with E-state index in [4.69, 9.17) is 45.0 Å². The summed E-state index contributed by atoms with van der Waals surface area (Å²) >= 11 is 17.9. The Morgan fingerprint density at radius 2 is 1.79 bits per heavy atom. The molecule has 3 nitrogen and oxygen atoms in total. The summed E-state index contributed by atoms with van der Waals surface area (Å²) in [7, 11) is 0. The number of benzene rings is 2. The third kappa shape index (κ3) is 2.25. The molecule has 1 heterocycles. The molecule has 0 amide bonds. The minimum atomic E-state index is 0.360. The number of nitrogens with two attached hydrogens (primary N) is 1. The van der Waals surface area contributed by atoms with Crippen LogP contribution in [0.5, 0.6) is 0 Å². The summed E-state index contributed by atoms with van der Waals surface area (Å²) in [6.07, 6.45) is 0. The monoisotopic (exact) mass is 312 g/mol. The van der Waals surface area contributed by atoms with E-state index < -0.39 is 0 Å². The summed E-state index contributed by atoms with van der Waals surface area (Å²) in [5.74, 6) is 0.360. The lowest BCUT2D eigenvalue weighted by molar-refractivity contribution is 0.620. The van der Waals surface area contributed by atoms with Crippen LogP contribution in [0.2, 0.25) is 15.1 Å². The SMILES string of the molecule is Nc1c(Cl)cc(Cl)cc1-c1nc2cc(Cl)ccc2o1. The lowest BCUT2D eigenvalue weighted by atomic mass is 10.2. The van der Waals surface area contributed by atoms with Crippen molar-refractivity contribution in [3.63, 3.8) is 0 Å². The van der Waals surface area contributed by atoms with Crippen LogP contribution >= 0.6 is 34.8 Å². The Kier molecular flexibility index (Phi) is 3.05. The highest BCUT2D eigenvalue weighted by atomic mass is 35.5. The van der Waals surface area contributed by atoms with Crippen LogP contribution in [-0.4, -0.2) is 4.98 Å². The highest BCUT2D eigenvalue weighted by Crippen LogP contribution is 2.36. The zero-order chi connectivity index (χ0) is 13.6. The molecule has 2 aromatic carbocycles. The predicted octanol–water partition coefficient (Wildman–Crippen LogP) is 5.04. The quantitative estimate of drug-likeness (QED) is 0.640. The highest BCUT2D eigenvalue weighted by Gasteiger charge is 2.14. The van der Waals surface area contributed by atoms with Gasteiger partial charge in [0.05, 0.1) is 16.3 Å². The zero-order valence-electron chi connectivity index (χ0n) is 9.45. The second-order valence-electron chi connectivity index (χ2n) is 3.98. The topological polar surface area (TPSA) is 52.0 Å². The summed E-state index contributed by atoms with van der Waals surface area (Å²) in [5, 5.41) is 1.42. The summed E-state index contributed by atoms with van der Waals surface area (Å²) in [6.45, 7) is 0. The molecular weight excluding hydrogens is 307 g/mol. The molecule has 0 saturated heterocycles. The van der Waals surface area contributed by atoms with Gasteiger partial charge in [0, 0.05) is 10.0 Å². The lowest BCUT2D eigenvalue weighted by Gasteiger charge is -2.04. The number of nitrogen functional groups attached to an aromatic ring is 1. The first-order valence-corrected chi connectivity index (χ1v) is 6.49. The molecule has 3 rings (SSSR count). The number of anilines is 1. The first kappa shape index (κ1) is 12.6. The molecule has 0 aliphatic heterocycles. The van der Waals surface area contributed by atoms with Crippen LogP contribution < -0.4 is 5.73 Å². The Morgan fingerprint density at radius 1 is 1.00 bits per heavy atom. The highest BCUT2D eigenvalue weighted by molar-refractivity contribution is 6.37. The predicted molar refractivity (Wildman–Crippen MR) is 78.9 cm³/mol. The number of oxazole rings is 1. The van der Waals surface area contributed by atoms with E-state index in [1.165, 1.54) is 0 Å². The van der Waals surface area contributed by atoms with Gasteiger partial charge in [0.15, 0.2) is 5.58 Å². The number of halogens is 3. The minimum absolute atomic E-state index is 0.360. The average molecular weight is 314 g/mol. The van der Waals surface area contributed by atoms with Gasteiger partial charge < -0.3 is 10.2 Å². The lowest BCUT2D eigenvalue weighted by Crippen LogP contribution is -1.91. The number of fused-ring (bicyclic) bond motifs is 1. The van der Waals surface area contributed by atoms with E-state index in [-0.39, 0.29) is 0 Å². The fourth-order valence-electron chi connectivity index (χ4n) is 1.78. The largest absolute Gasteiger partial charge is 0.436 e. The second-order valence-corrected chi connectivity index (χ2v) is 5.26. The van der Waals surface area contributed by atoms with Crippen molar-refractivity contribution in [2.24, 2.45) is 0 Å². The van der Waals surface area contributed by atoms with Crippen LogP contribution in [0.3, 0.4) is 0 Å². The standard InChI is InChI=1S/C13H7Cl3N2O/c14-6-1-2-11-10(5-6)18-13(19-11)8-3-7(15)4-9(16)12(8)17/h1-5H,17H2. The van der Waals surface area contributed by atoms with Gasteiger partial charge in [0.25, 0.3) is 0 Å². The molecule has 2 N–H and O–H groups in total. The molecule has 6 heteroatoms. The van der Waals surface area contributed by atoms with Gasteiger partial charge in [-0.05, 0) is 30.3 Å². The molecule has 0 spiro atoms. The molecule has 1 aromatic heterocycles. The van der Waals surface area contributed by atoms with Gasteiger partial charge in [0.1, 0.15) is 5.52 Å². The van der Waals surface area contributed by atoms with Crippen LogP contribution in [0.25, 0.3) is 22.6 Å². The van der Waals surface area contributed by atoms with Gasteiger partial charge in [-0.1, -0.05) is 34.8 Å². The van der Waals surface area contributed by atoms with Gasteiger partial charge in [-0.15, -0.1) is 0 Å². The van der Waals surface area contributed by atoms with Crippen molar-refractivity contribution >= 4 is 51.6 Å². The van der Waals surface area contributed by atoms with E-state index in [1.807, 2.05) is 0 Å². The van der Waals surface area contributed by atoms with Crippen molar-refractivity contribution in [3.05, 3.63) is 45.4 Å². The molecule has 96 valence electrons. The molecule has 19 heavy (non-hydrogen) atoms. The fraction of sp³-hybridized carbons (Fsp3) is 0. The van der Waals surface area contributed by atoms with Crippen LogP contribution in [0.15, 0.2) is 34.7 Å². The first-order valence-electron chi connectivity index (χ1n) is 5.35. The molecule has 0 saturated carbocycles. The van der Waals surface area contributed by atoms with Gasteiger partial charge in [-0.3, -0.25) is 0 Å². The summed E-state index contributed by atoms with van der Waals surface area (Å²) in [4.78, 5) is 4.34. The molecule has 0 atom stereocenters. The van der Waals surface area contributed by atoms with Crippen LogP contribution in [0.1, 0.15) is 0 Å². The number of nitrogens with zero attached hydrogens (tertiary/aromatic N) is 1. The maximum absolute atomic E-state index is 5.99. The molecule has 3 aromatic rings. The summed E-state index contributed by atoms with van der Waals surface area (Å²) < 4.78 is 5.63. The van der Waals surface area contributed by atoms with Crippen molar-refractivity contribution in [1.82, 2.24) is 4.98 Å². The van der Waals surface area contributed by atoms with Crippen molar-refractivity contribution in [3.8, 4) is 11.5 Å². The number of hydrogen-bond donors (Lipinski definition) is 1. The smallest absolute Gasteiger partial charge is 0.229 e. The van der Waals surface area contributed by atoms with E-state index in [9.17, 15) is 0 Å². The zero-order valence-corrected chi connectivity index (χ0v) is 11.7. The second kappa shape index (κ2) is 4.60. The third-order valence-electron chi connectivity index (χ3n) is 2.67. The minimum Gasteiger partial charge on any atom is -0.436 e. The summed E-state index contributed by atoms with van der Waals surface area (Å²) in [5.41, 5.74) is 8.13. The van der Waals surface area contributed by atoms with Crippen LogP contribution in [0.4, 0.5) is 5.69 Å². The average Bonchev–Trinajstić information content (AvgIpc) is 2.76. The molecule has 0 unspecified atom stereocenters. The van der Waals surface area contributed by atoms with Crippen molar-refractivity contribution in [2.45, 2.75) is 0 Å². The van der Waals surface area contributed by atoms with Gasteiger partial charge in [-0.25, -0.2) is 4.98 Å². The van der Waals surface area contributed by atoms with E-state index >= 15 is 0 Å². The number of rotatable bonds is 1. The molecule has 0 aliphatic rings. The van der Waals surface area contributed by atoms with Crippen molar-refractivity contribution in [1.29, 1.82) is 0 Å². The van der Waals surface area contributed by atoms with Gasteiger partial charge in [-0.2, -0.15) is 0 Å².